The van der Waals surface area contributed by atoms with Crippen molar-refractivity contribution in [2.24, 2.45) is 0 Å². The largest absolute Gasteiger partial charge is 1.00 e. The van der Waals surface area contributed by atoms with Crippen LogP contribution >= 0.6 is 11.6 Å². The Hall–Kier alpha value is -1.91. The minimum absolute atomic E-state index is 0. The van der Waals surface area contributed by atoms with Crippen LogP contribution in [0.4, 0.5) is 0 Å². The standard InChI is InChI=1S/C24H24ClNO6S.Na/c25-18-5-1-4-17(13-18)23(28)15-26-12-2-3-16-6-8-19(9-7-16)33(31,32)20-10-11-22(27)21(14-20)24(29)30;/h1,4-11,13-14,23,26-28H,2-3,12,15H2,(H,29,30);/q;+1/p-1/t23-;/m0./s1. The molecule has 0 fully saturated rings. The first-order valence-corrected chi connectivity index (χ1v) is 12.1. The maximum Gasteiger partial charge on any atom is 1.00 e. The van der Waals surface area contributed by atoms with Crippen molar-refractivity contribution >= 4 is 27.4 Å². The Morgan fingerprint density at radius 1 is 1.03 bits per heavy atom. The molecule has 0 heterocycles. The molecule has 0 amide bonds. The van der Waals surface area contributed by atoms with E-state index in [9.17, 15) is 28.5 Å². The van der Waals surface area contributed by atoms with E-state index < -0.39 is 33.2 Å². The van der Waals surface area contributed by atoms with Crippen molar-refractivity contribution in [3.05, 3.63) is 88.4 Å². The number of aromatic carboxylic acids is 1. The normalized spacial score (nSPS) is 12.1. The number of aliphatic hydroxyl groups is 1. The van der Waals surface area contributed by atoms with Gasteiger partial charge in [0.2, 0.25) is 9.84 Å². The van der Waals surface area contributed by atoms with E-state index in [-0.39, 0.29) is 39.3 Å². The first kappa shape index (κ1) is 28.3. The summed E-state index contributed by atoms with van der Waals surface area (Å²) in [5, 5.41) is 34.6. The van der Waals surface area contributed by atoms with E-state index in [2.05, 4.69) is 5.32 Å². The van der Waals surface area contributed by atoms with Gasteiger partial charge in [-0.25, -0.2) is 8.42 Å². The van der Waals surface area contributed by atoms with Crippen LogP contribution in [-0.2, 0) is 16.3 Å². The summed E-state index contributed by atoms with van der Waals surface area (Å²) in [6.07, 6.45) is 0.821. The molecule has 0 saturated heterocycles. The van der Waals surface area contributed by atoms with Gasteiger partial charge in [0.25, 0.3) is 0 Å². The summed E-state index contributed by atoms with van der Waals surface area (Å²) in [7, 11) is -3.95. The number of benzene rings is 3. The number of carboxylic acid groups (broad SMARTS) is 1. The molecule has 0 radical (unpaired) electrons. The minimum Gasteiger partial charge on any atom is -0.545 e. The molecule has 0 spiro atoms. The molecule has 0 saturated carbocycles. The van der Waals surface area contributed by atoms with E-state index in [1.807, 2.05) is 6.07 Å². The predicted octanol–water partition coefficient (Wildman–Crippen LogP) is -0.498. The van der Waals surface area contributed by atoms with Crippen LogP contribution in [0, 0.1) is 0 Å². The second kappa shape index (κ2) is 12.7. The summed E-state index contributed by atoms with van der Waals surface area (Å²) in [5.41, 5.74) is 1.10. The topological polar surface area (TPSA) is 127 Å². The molecule has 7 nitrogen and oxygen atoms in total. The van der Waals surface area contributed by atoms with E-state index >= 15 is 0 Å². The molecule has 3 N–H and O–H groups in total. The smallest absolute Gasteiger partial charge is 0.545 e. The zero-order valence-corrected chi connectivity index (χ0v) is 22.1. The van der Waals surface area contributed by atoms with E-state index in [0.717, 1.165) is 35.7 Å². The predicted molar refractivity (Wildman–Crippen MR) is 122 cm³/mol. The van der Waals surface area contributed by atoms with Crippen molar-refractivity contribution in [3.63, 3.8) is 0 Å². The molecule has 3 aromatic rings. The minimum atomic E-state index is -3.95. The number of hydrogen-bond donors (Lipinski definition) is 3. The van der Waals surface area contributed by atoms with Gasteiger partial charge in [-0.05, 0) is 73.0 Å². The number of aliphatic hydroxyl groups excluding tert-OH is 1. The Bertz CT molecular complexity index is 1230. The Balaban J connectivity index is 0.00000408. The number of nitrogens with one attached hydrogen (secondary N) is 1. The molecule has 0 unspecified atom stereocenters. The molecule has 174 valence electrons. The van der Waals surface area contributed by atoms with Gasteiger partial charge < -0.3 is 25.4 Å². The quantitative estimate of drug-likeness (QED) is 0.247. The van der Waals surface area contributed by atoms with Crippen molar-refractivity contribution in [1.29, 1.82) is 0 Å². The first-order chi connectivity index (χ1) is 15.7. The van der Waals surface area contributed by atoms with Gasteiger partial charge in [0, 0.05) is 17.1 Å². The fraction of sp³-hybridized carbons (Fsp3) is 0.208. The average molecular weight is 512 g/mol. The molecule has 0 aliphatic rings. The van der Waals surface area contributed by atoms with Crippen molar-refractivity contribution in [3.8, 4) is 5.75 Å². The zero-order chi connectivity index (χ0) is 24.0. The molecule has 0 aromatic heterocycles. The van der Waals surface area contributed by atoms with Gasteiger partial charge >= 0.3 is 29.6 Å². The molecule has 10 heteroatoms. The Morgan fingerprint density at radius 2 is 1.71 bits per heavy atom. The SMILES string of the molecule is O=C([O-])c1cc(S(=O)(=O)c2ccc(CCCNC[C@H](O)c3cccc(Cl)c3)cc2)ccc1O.[Na+]. The summed E-state index contributed by atoms with van der Waals surface area (Å²) in [4.78, 5) is 10.8. The van der Waals surface area contributed by atoms with Gasteiger partial charge in [-0.15, -0.1) is 0 Å². The summed E-state index contributed by atoms with van der Waals surface area (Å²) in [6.45, 7) is 1.05. The number of halogens is 1. The summed E-state index contributed by atoms with van der Waals surface area (Å²) >= 11 is 5.93. The van der Waals surface area contributed by atoms with Crippen LogP contribution in [0.15, 0.2) is 76.5 Å². The monoisotopic (exact) mass is 511 g/mol. The van der Waals surface area contributed by atoms with Crippen LogP contribution in [0.3, 0.4) is 0 Å². The van der Waals surface area contributed by atoms with Crippen LogP contribution in [0.25, 0.3) is 0 Å². The fourth-order valence-electron chi connectivity index (χ4n) is 3.31. The zero-order valence-electron chi connectivity index (χ0n) is 18.6. The maximum absolute atomic E-state index is 12.8. The van der Waals surface area contributed by atoms with Crippen molar-refractivity contribution in [2.75, 3.05) is 13.1 Å². The number of carbonyl (C=O) groups excluding carboxylic acids is 1. The molecule has 0 aliphatic carbocycles. The Kier molecular flexibility index (Phi) is 10.6. The molecule has 1 atom stereocenters. The van der Waals surface area contributed by atoms with Crippen molar-refractivity contribution in [1.82, 2.24) is 5.32 Å². The third-order valence-corrected chi connectivity index (χ3v) is 7.12. The Labute approximate surface area is 225 Å². The van der Waals surface area contributed by atoms with Gasteiger partial charge in [-0.3, -0.25) is 0 Å². The number of aromatic hydroxyl groups is 1. The number of phenols is 1. The number of carbonyl (C=O) groups is 1. The van der Waals surface area contributed by atoms with Crippen LogP contribution in [0.5, 0.6) is 5.75 Å². The average Bonchev–Trinajstić information content (AvgIpc) is 2.79. The van der Waals surface area contributed by atoms with Crippen LogP contribution in [0.2, 0.25) is 5.02 Å². The van der Waals surface area contributed by atoms with Crippen LogP contribution in [-0.4, -0.2) is 37.7 Å². The second-order valence-corrected chi connectivity index (χ2v) is 9.88. The molecule has 3 aromatic carbocycles. The number of rotatable bonds is 10. The van der Waals surface area contributed by atoms with E-state index in [4.69, 9.17) is 11.6 Å². The number of carboxylic acids is 1. The van der Waals surface area contributed by atoms with Crippen molar-refractivity contribution < 1.29 is 58.1 Å². The molecule has 0 aliphatic heterocycles. The van der Waals surface area contributed by atoms with Gasteiger partial charge in [0.05, 0.1) is 21.9 Å². The van der Waals surface area contributed by atoms with Crippen molar-refractivity contribution in [2.45, 2.75) is 28.7 Å². The molecule has 0 bridgehead atoms. The van der Waals surface area contributed by atoms with E-state index in [0.29, 0.717) is 24.5 Å². The van der Waals surface area contributed by atoms with E-state index in [1.54, 1.807) is 30.3 Å². The molecule has 3 rings (SSSR count). The van der Waals surface area contributed by atoms with Gasteiger partial charge in [-0.2, -0.15) is 0 Å². The third kappa shape index (κ3) is 7.29. The van der Waals surface area contributed by atoms with Gasteiger partial charge in [0.15, 0.2) is 0 Å². The number of sulfone groups is 1. The molecular formula is C24H23ClNNaO6S. The first-order valence-electron chi connectivity index (χ1n) is 10.2. The Morgan fingerprint density at radius 3 is 2.35 bits per heavy atom. The van der Waals surface area contributed by atoms with Gasteiger partial charge in [-0.1, -0.05) is 35.9 Å². The number of aryl methyl sites for hydroxylation is 1. The molecular weight excluding hydrogens is 489 g/mol. The maximum atomic E-state index is 12.8. The van der Waals surface area contributed by atoms with Gasteiger partial charge in [0.1, 0.15) is 5.75 Å². The number of hydrogen-bond acceptors (Lipinski definition) is 7. The van der Waals surface area contributed by atoms with E-state index in [1.165, 1.54) is 12.1 Å². The van der Waals surface area contributed by atoms with Crippen LogP contribution < -0.4 is 40.0 Å². The van der Waals surface area contributed by atoms with Crippen LogP contribution in [0.1, 0.15) is 34.0 Å². The third-order valence-electron chi connectivity index (χ3n) is 5.12. The summed E-state index contributed by atoms with van der Waals surface area (Å²) in [6, 6.07) is 16.5. The summed E-state index contributed by atoms with van der Waals surface area (Å²) < 4.78 is 25.6. The second-order valence-electron chi connectivity index (χ2n) is 7.49. The molecule has 34 heavy (non-hydrogen) atoms. The summed E-state index contributed by atoms with van der Waals surface area (Å²) in [5.74, 6) is -2.22. The fourth-order valence-corrected chi connectivity index (χ4v) is 4.79.